The number of carbonyl (C=O) groups is 1. The van der Waals surface area contributed by atoms with Crippen LogP contribution in [0.4, 0.5) is 5.82 Å². The van der Waals surface area contributed by atoms with Gasteiger partial charge in [-0.15, -0.1) is 0 Å². The average molecular weight is 274 g/mol. The van der Waals surface area contributed by atoms with Crippen LogP contribution in [0.5, 0.6) is 0 Å². The lowest BCUT2D eigenvalue weighted by Gasteiger charge is -2.14. The van der Waals surface area contributed by atoms with Crippen LogP contribution in [0, 0.1) is 5.92 Å². The van der Waals surface area contributed by atoms with Crippen molar-refractivity contribution in [1.82, 2.24) is 15.1 Å². The number of aromatic amines is 1. The number of rotatable bonds is 4. The fourth-order valence-corrected chi connectivity index (χ4v) is 2.36. The molecule has 0 bridgehead atoms. The highest BCUT2D eigenvalue weighted by molar-refractivity contribution is 5.92. The number of aromatic nitrogens is 2. The molecule has 1 aliphatic rings. The molecule has 20 heavy (non-hydrogen) atoms. The quantitative estimate of drug-likeness (QED) is 0.892. The van der Waals surface area contributed by atoms with Gasteiger partial charge in [-0.25, -0.2) is 0 Å². The normalized spacial score (nSPS) is 20.9. The first kappa shape index (κ1) is 12.8. The summed E-state index contributed by atoms with van der Waals surface area (Å²) in [5.74, 6) is 3.23. The van der Waals surface area contributed by atoms with Gasteiger partial charge in [0.25, 0.3) is 5.91 Å². The Morgan fingerprint density at radius 1 is 1.60 bits per heavy atom. The number of H-pyrrole nitrogens is 1. The van der Waals surface area contributed by atoms with Gasteiger partial charge in [-0.2, -0.15) is 5.10 Å². The maximum Gasteiger partial charge on any atom is 0.272 e. The van der Waals surface area contributed by atoms with Gasteiger partial charge < -0.3 is 15.1 Å². The van der Waals surface area contributed by atoms with Crippen LogP contribution >= 0.6 is 0 Å². The van der Waals surface area contributed by atoms with Gasteiger partial charge >= 0.3 is 0 Å². The molecule has 1 saturated carbocycles. The number of hydrogen-bond acceptors (Lipinski definition) is 4. The number of anilines is 1. The van der Waals surface area contributed by atoms with E-state index >= 15 is 0 Å². The number of hydrogen-bond donors (Lipinski definition) is 2. The molecule has 0 aliphatic heterocycles. The van der Waals surface area contributed by atoms with E-state index in [0.29, 0.717) is 29.9 Å². The van der Waals surface area contributed by atoms with Crippen LogP contribution in [-0.4, -0.2) is 28.1 Å². The summed E-state index contributed by atoms with van der Waals surface area (Å²) in [6.45, 7) is 2.64. The number of furan rings is 1. The summed E-state index contributed by atoms with van der Waals surface area (Å²) in [6, 6.07) is 5.47. The smallest absolute Gasteiger partial charge is 0.272 e. The summed E-state index contributed by atoms with van der Waals surface area (Å²) in [5, 5.41) is 6.37. The van der Waals surface area contributed by atoms with Gasteiger partial charge in [0.1, 0.15) is 23.0 Å². The Labute approximate surface area is 116 Å². The summed E-state index contributed by atoms with van der Waals surface area (Å²) >= 11 is 0. The first-order valence-corrected chi connectivity index (χ1v) is 6.69. The first-order chi connectivity index (χ1) is 9.54. The molecule has 1 fully saturated rings. The van der Waals surface area contributed by atoms with E-state index in [0.717, 1.165) is 11.5 Å². The molecule has 3 rings (SSSR count). The molecule has 2 aromatic rings. The van der Waals surface area contributed by atoms with Crippen molar-refractivity contribution in [2.45, 2.75) is 25.8 Å². The highest BCUT2D eigenvalue weighted by Crippen LogP contribution is 2.47. The van der Waals surface area contributed by atoms with E-state index in [2.05, 4.69) is 17.1 Å². The van der Waals surface area contributed by atoms with Gasteiger partial charge in [-0.05, 0) is 24.5 Å². The fraction of sp³-hybridized carbons (Fsp3) is 0.429. The SMILES string of the molecule is CC1CC1c1ccc(CN(C)C(=O)c2cc(N)n[nH]2)o1. The molecule has 0 saturated heterocycles. The molecule has 2 unspecified atom stereocenters. The lowest BCUT2D eigenvalue weighted by Crippen LogP contribution is -2.26. The summed E-state index contributed by atoms with van der Waals surface area (Å²) in [4.78, 5) is 13.7. The molecule has 0 radical (unpaired) electrons. The minimum atomic E-state index is -0.160. The number of nitrogens with two attached hydrogens (primary N) is 1. The molecular formula is C14H18N4O2. The topological polar surface area (TPSA) is 88.1 Å². The highest BCUT2D eigenvalue weighted by atomic mass is 16.3. The van der Waals surface area contributed by atoms with Crippen molar-refractivity contribution in [2.24, 2.45) is 5.92 Å². The Kier molecular flexibility index (Phi) is 3.00. The largest absolute Gasteiger partial charge is 0.464 e. The van der Waals surface area contributed by atoms with E-state index in [1.807, 2.05) is 12.1 Å². The van der Waals surface area contributed by atoms with Crippen LogP contribution in [0.1, 0.15) is 41.3 Å². The zero-order chi connectivity index (χ0) is 14.3. The number of nitrogens with zero attached hydrogens (tertiary/aromatic N) is 2. The van der Waals surface area contributed by atoms with E-state index < -0.39 is 0 Å². The van der Waals surface area contributed by atoms with Gasteiger partial charge in [0.05, 0.1) is 6.54 Å². The van der Waals surface area contributed by atoms with E-state index in [9.17, 15) is 4.79 Å². The van der Waals surface area contributed by atoms with Crippen molar-refractivity contribution >= 4 is 11.7 Å². The summed E-state index contributed by atoms with van der Waals surface area (Å²) < 4.78 is 5.80. The third-order valence-electron chi connectivity index (χ3n) is 3.73. The second-order valence-electron chi connectivity index (χ2n) is 5.49. The molecule has 1 aliphatic carbocycles. The lowest BCUT2D eigenvalue weighted by molar-refractivity contribution is 0.0769. The standard InChI is InChI=1S/C14H18N4O2/c1-8-5-10(8)12-4-3-9(20-12)7-18(2)14(19)11-6-13(15)17-16-11/h3-4,6,8,10H,5,7H2,1-2H3,(H3,15,16,17). The van der Waals surface area contributed by atoms with Crippen molar-refractivity contribution < 1.29 is 9.21 Å². The van der Waals surface area contributed by atoms with Crippen LogP contribution < -0.4 is 5.73 Å². The molecule has 2 heterocycles. The monoisotopic (exact) mass is 274 g/mol. The minimum Gasteiger partial charge on any atom is -0.464 e. The number of amides is 1. The second kappa shape index (κ2) is 4.70. The van der Waals surface area contributed by atoms with Crippen LogP contribution in [0.25, 0.3) is 0 Å². The van der Waals surface area contributed by atoms with Crippen LogP contribution in [0.3, 0.4) is 0 Å². The van der Waals surface area contributed by atoms with Crippen molar-refractivity contribution in [1.29, 1.82) is 0 Å². The third-order valence-corrected chi connectivity index (χ3v) is 3.73. The Hall–Kier alpha value is -2.24. The van der Waals surface area contributed by atoms with Crippen molar-refractivity contribution in [3.8, 4) is 0 Å². The first-order valence-electron chi connectivity index (χ1n) is 6.69. The van der Waals surface area contributed by atoms with Gasteiger partial charge in [0.2, 0.25) is 0 Å². The Balaban J connectivity index is 1.65. The predicted octanol–water partition coefficient (Wildman–Crippen LogP) is 1.98. The Morgan fingerprint density at radius 2 is 2.35 bits per heavy atom. The zero-order valence-electron chi connectivity index (χ0n) is 11.6. The average Bonchev–Trinajstić information content (AvgIpc) is 2.80. The Bertz CT molecular complexity index is 631. The molecule has 1 amide bonds. The van der Waals surface area contributed by atoms with Crippen LogP contribution in [0.2, 0.25) is 0 Å². The molecular weight excluding hydrogens is 256 g/mol. The maximum absolute atomic E-state index is 12.1. The molecule has 2 aromatic heterocycles. The lowest BCUT2D eigenvalue weighted by atomic mass is 10.3. The Morgan fingerprint density at radius 3 is 2.95 bits per heavy atom. The molecule has 6 nitrogen and oxygen atoms in total. The highest BCUT2D eigenvalue weighted by Gasteiger charge is 2.36. The number of nitrogen functional groups attached to an aromatic ring is 1. The van der Waals surface area contributed by atoms with Crippen LogP contribution in [0.15, 0.2) is 22.6 Å². The van der Waals surface area contributed by atoms with E-state index in [-0.39, 0.29) is 5.91 Å². The molecule has 3 N–H and O–H groups in total. The molecule has 0 spiro atoms. The zero-order valence-corrected chi connectivity index (χ0v) is 11.6. The number of nitrogens with one attached hydrogen (secondary N) is 1. The van der Waals surface area contributed by atoms with E-state index in [1.54, 1.807) is 11.9 Å². The van der Waals surface area contributed by atoms with Gasteiger partial charge in [-0.1, -0.05) is 6.92 Å². The maximum atomic E-state index is 12.1. The third kappa shape index (κ3) is 2.41. The summed E-state index contributed by atoms with van der Waals surface area (Å²) in [5.41, 5.74) is 5.88. The fourth-order valence-electron chi connectivity index (χ4n) is 2.36. The van der Waals surface area contributed by atoms with Crippen LogP contribution in [-0.2, 0) is 6.54 Å². The number of carbonyl (C=O) groups excluding carboxylic acids is 1. The van der Waals surface area contributed by atoms with E-state index in [4.69, 9.17) is 10.2 Å². The van der Waals surface area contributed by atoms with Crippen molar-refractivity contribution in [3.05, 3.63) is 35.4 Å². The van der Waals surface area contributed by atoms with Crippen molar-refractivity contribution in [2.75, 3.05) is 12.8 Å². The minimum absolute atomic E-state index is 0.160. The van der Waals surface area contributed by atoms with Crippen molar-refractivity contribution in [3.63, 3.8) is 0 Å². The summed E-state index contributed by atoms with van der Waals surface area (Å²) in [7, 11) is 1.72. The molecule has 6 heteroatoms. The molecule has 2 atom stereocenters. The molecule has 0 aromatic carbocycles. The van der Waals surface area contributed by atoms with Gasteiger partial charge in [-0.3, -0.25) is 9.89 Å². The second-order valence-corrected chi connectivity index (χ2v) is 5.49. The molecule has 106 valence electrons. The van der Waals surface area contributed by atoms with E-state index in [1.165, 1.54) is 12.5 Å². The summed E-state index contributed by atoms with van der Waals surface area (Å²) in [6.07, 6.45) is 1.19. The predicted molar refractivity (Wildman–Crippen MR) is 74.0 cm³/mol. The van der Waals surface area contributed by atoms with Gasteiger partial charge in [0.15, 0.2) is 0 Å². The van der Waals surface area contributed by atoms with Gasteiger partial charge in [0, 0.05) is 19.0 Å².